The van der Waals surface area contributed by atoms with Crippen molar-refractivity contribution in [1.82, 2.24) is 20.4 Å². The van der Waals surface area contributed by atoms with Crippen LogP contribution in [0.3, 0.4) is 0 Å². The number of hydrogen-bond acceptors (Lipinski definition) is 3. The van der Waals surface area contributed by atoms with Gasteiger partial charge in [-0.15, -0.1) is 12.4 Å². The third-order valence-electron chi connectivity index (χ3n) is 5.28. The highest BCUT2D eigenvalue weighted by Crippen LogP contribution is 2.32. The predicted molar refractivity (Wildman–Crippen MR) is 105 cm³/mol. The van der Waals surface area contributed by atoms with Crippen LogP contribution in [0.5, 0.6) is 0 Å². The molecule has 5 nitrogen and oxygen atoms in total. The van der Waals surface area contributed by atoms with Gasteiger partial charge in [0.15, 0.2) is 5.69 Å². The normalized spacial score (nSPS) is 20.0. The Kier molecular flexibility index (Phi) is 6.22. The minimum atomic E-state index is 0. The maximum Gasteiger partial charge on any atom is 0.275 e. The van der Waals surface area contributed by atoms with E-state index in [-0.39, 0.29) is 24.4 Å². The van der Waals surface area contributed by atoms with Gasteiger partial charge in [-0.25, -0.2) is 0 Å². The molecule has 0 spiro atoms. The third kappa shape index (κ3) is 3.75. The Labute approximate surface area is 164 Å². The van der Waals surface area contributed by atoms with Gasteiger partial charge in [0.1, 0.15) is 0 Å². The van der Waals surface area contributed by atoms with Crippen molar-refractivity contribution in [1.29, 1.82) is 0 Å². The highest BCUT2D eigenvalue weighted by molar-refractivity contribution is 6.30. The summed E-state index contributed by atoms with van der Waals surface area (Å²) in [6, 6.07) is 7.99. The van der Waals surface area contributed by atoms with Gasteiger partial charge in [0.05, 0.1) is 6.04 Å². The lowest BCUT2D eigenvalue weighted by Crippen LogP contribution is -2.36. The Morgan fingerprint density at radius 3 is 2.81 bits per heavy atom. The van der Waals surface area contributed by atoms with E-state index in [9.17, 15) is 4.79 Å². The number of aromatic amines is 1. The zero-order valence-corrected chi connectivity index (χ0v) is 16.2. The quantitative estimate of drug-likeness (QED) is 0.811. The Morgan fingerprint density at radius 2 is 2.00 bits per heavy atom. The molecule has 0 bridgehead atoms. The average molecular weight is 395 g/mol. The van der Waals surface area contributed by atoms with Crippen LogP contribution in [0.2, 0.25) is 5.02 Å². The summed E-state index contributed by atoms with van der Waals surface area (Å²) in [5.41, 5.74) is 3.88. The maximum absolute atomic E-state index is 13.3. The molecule has 0 aliphatic carbocycles. The van der Waals surface area contributed by atoms with Crippen LogP contribution in [0.25, 0.3) is 0 Å². The maximum atomic E-state index is 13.3. The van der Waals surface area contributed by atoms with E-state index in [1.54, 1.807) is 0 Å². The molecule has 1 atom stereocenters. The van der Waals surface area contributed by atoms with Crippen LogP contribution in [0, 0.1) is 0 Å². The van der Waals surface area contributed by atoms with E-state index in [1.165, 1.54) is 0 Å². The molecule has 2 aliphatic heterocycles. The molecule has 1 aromatic heterocycles. The molecular formula is C19H24Cl2N4O. The largest absolute Gasteiger partial charge is 0.330 e. The fourth-order valence-electron chi connectivity index (χ4n) is 3.92. The number of aromatic nitrogens is 2. The van der Waals surface area contributed by atoms with Gasteiger partial charge in [-0.05, 0) is 30.5 Å². The van der Waals surface area contributed by atoms with Gasteiger partial charge in [0.25, 0.3) is 5.91 Å². The third-order valence-corrected chi connectivity index (χ3v) is 5.53. The van der Waals surface area contributed by atoms with Gasteiger partial charge >= 0.3 is 0 Å². The van der Waals surface area contributed by atoms with Gasteiger partial charge in [-0.2, -0.15) is 5.10 Å². The number of amides is 1. The lowest BCUT2D eigenvalue weighted by atomic mass is 10.00. The van der Waals surface area contributed by atoms with Gasteiger partial charge in [0, 0.05) is 42.3 Å². The zero-order chi connectivity index (χ0) is 17.2. The monoisotopic (exact) mass is 394 g/mol. The molecule has 140 valence electrons. The molecule has 4 rings (SSSR count). The van der Waals surface area contributed by atoms with Crippen molar-refractivity contribution in [2.24, 2.45) is 0 Å². The number of likely N-dealkylation sites (tertiary alicyclic amines) is 1. The second-order valence-corrected chi connectivity index (χ2v) is 7.31. The number of nitrogens with zero attached hydrogens (tertiary/aromatic N) is 2. The summed E-state index contributed by atoms with van der Waals surface area (Å²) in [6.07, 6.45) is 5.22. The van der Waals surface area contributed by atoms with Gasteiger partial charge in [-0.3, -0.25) is 9.89 Å². The Hall–Kier alpha value is -1.56. The van der Waals surface area contributed by atoms with E-state index in [1.807, 2.05) is 29.2 Å². The van der Waals surface area contributed by atoms with E-state index in [0.29, 0.717) is 12.2 Å². The van der Waals surface area contributed by atoms with Crippen LogP contribution in [0.4, 0.5) is 0 Å². The number of hydrogen-bond donors (Lipinski definition) is 2. The SMILES string of the molecule is Cl.O=C(c1n[nH]c2c1CNCC2)N1CCCCCC1c1ccc(Cl)cc1. The standard InChI is InChI=1S/C19H23ClN4O.ClH/c20-14-7-5-13(6-8-14)17-4-2-1-3-11-24(17)19(25)18-15-12-21-10-9-16(15)22-23-18;/h5-8,17,21H,1-4,9-12H2,(H,22,23);1H. The number of H-pyrrole nitrogens is 1. The summed E-state index contributed by atoms with van der Waals surface area (Å²) in [6.45, 7) is 2.42. The van der Waals surface area contributed by atoms with Gasteiger partial charge in [0.2, 0.25) is 0 Å². The molecule has 3 heterocycles. The van der Waals surface area contributed by atoms with Crippen molar-refractivity contribution < 1.29 is 4.79 Å². The van der Waals surface area contributed by atoms with Crippen LogP contribution in [-0.4, -0.2) is 34.1 Å². The summed E-state index contributed by atoms with van der Waals surface area (Å²) in [7, 11) is 0. The summed E-state index contributed by atoms with van der Waals surface area (Å²) >= 11 is 6.04. The molecule has 1 amide bonds. The van der Waals surface area contributed by atoms with Crippen molar-refractivity contribution in [3.63, 3.8) is 0 Å². The first-order valence-electron chi connectivity index (χ1n) is 9.07. The van der Waals surface area contributed by atoms with Crippen LogP contribution in [-0.2, 0) is 13.0 Å². The highest BCUT2D eigenvalue weighted by atomic mass is 35.5. The fraction of sp³-hybridized carbons (Fsp3) is 0.474. The summed E-state index contributed by atoms with van der Waals surface area (Å²) in [4.78, 5) is 15.3. The number of carbonyl (C=O) groups excluding carboxylic acids is 1. The lowest BCUT2D eigenvalue weighted by molar-refractivity contribution is 0.0673. The Bertz CT molecular complexity index is 759. The first kappa shape index (κ1) is 19.2. The van der Waals surface area contributed by atoms with E-state index >= 15 is 0 Å². The molecule has 1 unspecified atom stereocenters. The molecule has 1 fully saturated rings. The summed E-state index contributed by atoms with van der Waals surface area (Å²) in [5.74, 6) is 0.0445. The van der Waals surface area contributed by atoms with Gasteiger partial charge in [-0.1, -0.05) is 36.6 Å². The van der Waals surface area contributed by atoms with Crippen LogP contribution in [0.15, 0.2) is 24.3 Å². The molecule has 7 heteroatoms. The van der Waals surface area contributed by atoms with Gasteiger partial charge < -0.3 is 10.2 Å². The second kappa shape index (κ2) is 8.42. The summed E-state index contributed by atoms with van der Waals surface area (Å²) < 4.78 is 0. The molecule has 26 heavy (non-hydrogen) atoms. The number of nitrogens with one attached hydrogen (secondary N) is 2. The smallest absolute Gasteiger partial charge is 0.275 e. The molecular weight excluding hydrogens is 371 g/mol. The van der Waals surface area contributed by atoms with Crippen molar-refractivity contribution in [3.8, 4) is 0 Å². The van der Waals surface area contributed by atoms with Crippen molar-refractivity contribution >= 4 is 29.9 Å². The lowest BCUT2D eigenvalue weighted by Gasteiger charge is -2.30. The minimum absolute atomic E-state index is 0. The zero-order valence-electron chi connectivity index (χ0n) is 14.6. The first-order valence-corrected chi connectivity index (χ1v) is 9.45. The molecule has 2 aliphatic rings. The summed E-state index contributed by atoms with van der Waals surface area (Å²) in [5, 5.41) is 11.5. The topological polar surface area (TPSA) is 61.0 Å². The minimum Gasteiger partial charge on any atom is -0.330 e. The Morgan fingerprint density at radius 1 is 1.19 bits per heavy atom. The molecule has 1 saturated heterocycles. The predicted octanol–water partition coefficient (Wildman–Crippen LogP) is 3.89. The van der Waals surface area contributed by atoms with Crippen molar-refractivity contribution in [2.45, 2.75) is 44.7 Å². The molecule has 2 N–H and O–H groups in total. The number of halogens is 2. The Balaban J connectivity index is 0.00000196. The molecule has 0 radical (unpaired) electrons. The van der Waals surface area contributed by atoms with E-state index in [4.69, 9.17) is 11.6 Å². The molecule has 2 aromatic rings. The molecule has 1 aromatic carbocycles. The number of carbonyl (C=O) groups is 1. The second-order valence-electron chi connectivity index (χ2n) is 6.87. The average Bonchev–Trinajstić information content (AvgIpc) is 2.91. The van der Waals surface area contributed by atoms with Crippen LogP contribution < -0.4 is 5.32 Å². The van der Waals surface area contributed by atoms with E-state index < -0.39 is 0 Å². The number of benzene rings is 1. The first-order chi connectivity index (χ1) is 12.2. The van der Waals surface area contributed by atoms with Crippen LogP contribution >= 0.6 is 24.0 Å². The van der Waals surface area contributed by atoms with Crippen LogP contribution in [0.1, 0.15) is 59.0 Å². The van der Waals surface area contributed by atoms with Crippen molar-refractivity contribution in [2.75, 3.05) is 13.1 Å². The number of rotatable bonds is 2. The molecule has 0 saturated carbocycles. The fourth-order valence-corrected chi connectivity index (χ4v) is 4.05. The van der Waals surface area contributed by atoms with E-state index in [0.717, 1.165) is 67.0 Å². The van der Waals surface area contributed by atoms with Crippen molar-refractivity contribution in [3.05, 3.63) is 51.8 Å². The highest BCUT2D eigenvalue weighted by Gasteiger charge is 2.31. The number of fused-ring (bicyclic) bond motifs is 1. The van der Waals surface area contributed by atoms with E-state index in [2.05, 4.69) is 15.5 Å².